The molecule has 1 aromatic heterocycles. The van der Waals surface area contributed by atoms with Gasteiger partial charge in [-0.2, -0.15) is 5.10 Å². The van der Waals surface area contributed by atoms with Crippen LogP contribution in [0.25, 0.3) is 0 Å². The summed E-state index contributed by atoms with van der Waals surface area (Å²) in [6.45, 7) is 3.29. The van der Waals surface area contributed by atoms with Gasteiger partial charge in [0.1, 0.15) is 0 Å². The van der Waals surface area contributed by atoms with E-state index in [1.54, 1.807) is 9.58 Å². The van der Waals surface area contributed by atoms with Crippen molar-refractivity contribution in [1.29, 1.82) is 0 Å². The first-order valence-electron chi connectivity index (χ1n) is 8.24. The highest BCUT2D eigenvalue weighted by molar-refractivity contribution is 9.10. The Balaban J connectivity index is 1.52. The molecule has 1 spiro atoms. The maximum atomic E-state index is 12.5. The van der Waals surface area contributed by atoms with Gasteiger partial charge in [-0.05, 0) is 54.2 Å². The molecule has 3 heterocycles. The second kappa shape index (κ2) is 6.91. The standard InChI is InChI=1S/C16H25BrN4O2/c1-20(10-14-13(17)9-21(2)19-14)15(22)7-12-8-16(23-11-12)3-5-18-6-4-16/h9,12,18H,3-8,10-11H2,1-2H3. The van der Waals surface area contributed by atoms with Crippen LogP contribution in [0.1, 0.15) is 31.4 Å². The van der Waals surface area contributed by atoms with Crippen LogP contribution in [-0.2, 0) is 23.1 Å². The van der Waals surface area contributed by atoms with Crippen LogP contribution in [0.5, 0.6) is 0 Å². The first-order chi connectivity index (χ1) is 11.0. The van der Waals surface area contributed by atoms with Crippen molar-refractivity contribution in [3.05, 3.63) is 16.4 Å². The lowest BCUT2D eigenvalue weighted by Crippen LogP contribution is -2.41. The monoisotopic (exact) mass is 384 g/mol. The quantitative estimate of drug-likeness (QED) is 0.857. The van der Waals surface area contributed by atoms with Crippen molar-refractivity contribution in [3.63, 3.8) is 0 Å². The van der Waals surface area contributed by atoms with Crippen LogP contribution in [0.3, 0.4) is 0 Å². The third kappa shape index (κ3) is 3.95. The first kappa shape index (κ1) is 16.9. The van der Waals surface area contributed by atoms with Gasteiger partial charge >= 0.3 is 0 Å². The zero-order chi connectivity index (χ0) is 16.4. The number of aryl methyl sites for hydroxylation is 1. The van der Waals surface area contributed by atoms with Gasteiger partial charge in [-0.25, -0.2) is 0 Å². The molecule has 0 radical (unpaired) electrons. The maximum Gasteiger partial charge on any atom is 0.223 e. The Bertz CT molecular complexity index is 568. The molecule has 3 rings (SSSR count). The number of nitrogens with one attached hydrogen (secondary N) is 1. The predicted octanol–water partition coefficient (Wildman–Crippen LogP) is 1.69. The Hall–Kier alpha value is -0.920. The Morgan fingerprint density at radius 1 is 1.57 bits per heavy atom. The molecule has 2 saturated heterocycles. The van der Waals surface area contributed by atoms with E-state index in [9.17, 15) is 4.79 Å². The molecule has 2 fully saturated rings. The molecule has 1 unspecified atom stereocenters. The smallest absolute Gasteiger partial charge is 0.223 e. The minimum absolute atomic E-state index is 0.0266. The Labute approximate surface area is 145 Å². The fourth-order valence-corrected chi connectivity index (χ4v) is 4.13. The zero-order valence-electron chi connectivity index (χ0n) is 13.8. The number of halogens is 1. The molecule has 7 heteroatoms. The summed E-state index contributed by atoms with van der Waals surface area (Å²) in [6, 6.07) is 0. The van der Waals surface area contributed by atoms with Gasteiger partial charge in [0.2, 0.25) is 5.91 Å². The van der Waals surface area contributed by atoms with E-state index in [1.807, 2.05) is 20.3 Å². The number of aromatic nitrogens is 2. The highest BCUT2D eigenvalue weighted by Crippen LogP contribution is 2.38. The molecule has 128 valence electrons. The average Bonchev–Trinajstić information content (AvgIpc) is 3.03. The zero-order valence-corrected chi connectivity index (χ0v) is 15.4. The normalized spacial score (nSPS) is 23.3. The number of nitrogens with zero attached hydrogens (tertiary/aromatic N) is 3. The Morgan fingerprint density at radius 3 is 2.96 bits per heavy atom. The van der Waals surface area contributed by atoms with E-state index in [0.717, 1.165) is 42.5 Å². The third-order valence-electron chi connectivity index (χ3n) is 4.93. The molecule has 1 aromatic rings. The van der Waals surface area contributed by atoms with Gasteiger partial charge in [0.25, 0.3) is 0 Å². The molecule has 2 aliphatic rings. The second-order valence-electron chi connectivity index (χ2n) is 6.87. The molecule has 0 bridgehead atoms. The van der Waals surface area contributed by atoms with Crippen LogP contribution in [0.2, 0.25) is 0 Å². The SMILES string of the molecule is CN(Cc1nn(C)cc1Br)C(=O)CC1COC2(CCNCC2)C1. The minimum Gasteiger partial charge on any atom is -0.375 e. The van der Waals surface area contributed by atoms with Crippen molar-refractivity contribution in [2.24, 2.45) is 13.0 Å². The highest BCUT2D eigenvalue weighted by atomic mass is 79.9. The number of hydrogen-bond acceptors (Lipinski definition) is 4. The number of ether oxygens (including phenoxy) is 1. The summed E-state index contributed by atoms with van der Waals surface area (Å²) in [4.78, 5) is 14.3. The highest BCUT2D eigenvalue weighted by Gasteiger charge is 2.41. The minimum atomic E-state index is 0.0266. The van der Waals surface area contributed by atoms with Crippen LogP contribution in [0.15, 0.2) is 10.7 Å². The van der Waals surface area contributed by atoms with E-state index in [-0.39, 0.29) is 11.5 Å². The van der Waals surface area contributed by atoms with Gasteiger partial charge in [0, 0.05) is 26.7 Å². The van der Waals surface area contributed by atoms with Crippen LogP contribution in [0, 0.1) is 5.92 Å². The molecular weight excluding hydrogens is 360 g/mol. The van der Waals surface area contributed by atoms with E-state index in [1.165, 1.54) is 0 Å². The number of piperidine rings is 1. The van der Waals surface area contributed by atoms with E-state index in [0.29, 0.717) is 25.5 Å². The van der Waals surface area contributed by atoms with Crippen LogP contribution in [0.4, 0.5) is 0 Å². The molecule has 0 saturated carbocycles. The summed E-state index contributed by atoms with van der Waals surface area (Å²) in [5.74, 6) is 0.511. The molecule has 23 heavy (non-hydrogen) atoms. The Kier molecular flexibility index (Phi) is 5.08. The van der Waals surface area contributed by atoms with E-state index < -0.39 is 0 Å². The number of rotatable bonds is 4. The summed E-state index contributed by atoms with van der Waals surface area (Å²) in [5, 5.41) is 7.75. The van der Waals surface area contributed by atoms with Crippen molar-refractivity contribution in [3.8, 4) is 0 Å². The summed E-state index contributed by atoms with van der Waals surface area (Å²) < 4.78 is 8.78. The van der Waals surface area contributed by atoms with E-state index in [2.05, 4.69) is 26.3 Å². The van der Waals surface area contributed by atoms with Gasteiger partial charge in [0.05, 0.1) is 28.9 Å². The van der Waals surface area contributed by atoms with Crippen molar-refractivity contribution in [2.45, 2.75) is 37.8 Å². The van der Waals surface area contributed by atoms with E-state index >= 15 is 0 Å². The second-order valence-corrected chi connectivity index (χ2v) is 7.72. The lowest BCUT2D eigenvalue weighted by atomic mass is 9.85. The fourth-order valence-electron chi connectivity index (χ4n) is 3.63. The molecule has 6 nitrogen and oxygen atoms in total. The van der Waals surface area contributed by atoms with Gasteiger partial charge in [0.15, 0.2) is 0 Å². The van der Waals surface area contributed by atoms with Crippen LogP contribution >= 0.6 is 15.9 Å². The first-order valence-corrected chi connectivity index (χ1v) is 9.03. The maximum absolute atomic E-state index is 12.5. The third-order valence-corrected chi connectivity index (χ3v) is 5.59. The van der Waals surface area contributed by atoms with Gasteiger partial charge in [-0.3, -0.25) is 9.48 Å². The fraction of sp³-hybridized carbons (Fsp3) is 0.750. The summed E-state index contributed by atoms with van der Waals surface area (Å²) >= 11 is 3.48. The molecular formula is C16H25BrN4O2. The molecule has 2 aliphatic heterocycles. The van der Waals surface area contributed by atoms with Crippen molar-refractivity contribution in [2.75, 3.05) is 26.7 Å². The summed E-state index contributed by atoms with van der Waals surface area (Å²) in [7, 11) is 3.73. The lowest BCUT2D eigenvalue weighted by Gasteiger charge is -2.33. The summed E-state index contributed by atoms with van der Waals surface area (Å²) in [5.41, 5.74) is 0.916. The summed E-state index contributed by atoms with van der Waals surface area (Å²) in [6.07, 6.45) is 5.61. The van der Waals surface area contributed by atoms with Crippen molar-refractivity contribution in [1.82, 2.24) is 20.0 Å². The van der Waals surface area contributed by atoms with Crippen LogP contribution < -0.4 is 5.32 Å². The van der Waals surface area contributed by atoms with Crippen molar-refractivity contribution < 1.29 is 9.53 Å². The van der Waals surface area contributed by atoms with Crippen molar-refractivity contribution >= 4 is 21.8 Å². The topological polar surface area (TPSA) is 59.4 Å². The Morgan fingerprint density at radius 2 is 2.30 bits per heavy atom. The number of carbonyl (C=O) groups excluding carboxylic acids is 1. The predicted molar refractivity (Wildman–Crippen MR) is 90.9 cm³/mol. The number of carbonyl (C=O) groups is 1. The van der Waals surface area contributed by atoms with Gasteiger partial charge in [-0.15, -0.1) is 0 Å². The molecule has 1 atom stereocenters. The molecule has 1 amide bonds. The lowest BCUT2D eigenvalue weighted by molar-refractivity contribution is -0.131. The molecule has 1 N–H and O–H groups in total. The average molecular weight is 385 g/mol. The molecule has 0 aliphatic carbocycles. The van der Waals surface area contributed by atoms with Gasteiger partial charge in [-0.1, -0.05) is 0 Å². The number of amides is 1. The van der Waals surface area contributed by atoms with E-state index in [4.69, 9.17) is 4.74 Å². The number of hydrogen-bond donors (Lipinski definition) is 1. The van der Waals surface area contributed by atoms with Crippen LogP contribution in [-0.4, -0.2) is 52.9 Å². The van der Waals surface area contributed by atoms with Gasteiger partial charge < -0.3 is 15.0 Å². The largest absolute Gasteiger partial charge is 0.375 e. The molecule has 0 aromatic carbocycles.